The van der Waals surface area contributed by atoms with E-state index in [0.717, 1.165) is 25.3 Å². The SMILES string of the molecule is CCCS(=O)N1CC(C)C(N)C1. The molecule has 3 atom stereocenters. The molecule has 4 heteroatoms. The molecular formula is C8H18N2OS. The molecule has 0 spiro atoms. The van der Waals surface area contributed by atoms with Crippen molar-refractivity contribution in [1.29, 1.82) is 0 Å². The molecule has 72 valence electrons. The Morgan fingerprint density at radius 1 is 1.58 bits per heavy atom. The topological polar surface area (TPSA) is 46.3 Å². The molecule has 3 unspecified atom stereocenters. The van der Waals surface area contributed by atoms with Crippen LogP contribution >= 0.6 is 0 Å². The van der Waals surface area contributed by atoms with E-state index in [9.17, 15) is 4.21 Å². The Labute approximate surface area is 76.9 Å². The largest absolute Gasteiger partial charge is 0.326 e. The predicted molar refractivity (Wildman–Crippen MR) is 52.0 cm³/mol. The van der Waals surface area contributed by atoms with Crippen LogP contribution < -0.4 is 5.73 Å². The molecule has 0 aromatic carbocycles. The summed E-state index contributed by atoms with van der Waals surface area (Å²) >= 11 is 0. The van der Waals surface area contributed by atoms with E-state index >= 15 is 0 Å². The summed E-state index contributed by atoms with van der Waals surface area (Å²) in [7, 11) is -0.783. The standard InChI is InChI=1S/C8H18N2OS/c1-3-4-12(11)10-5-7(2)8(9)6-10/h7-8H,3-6,9H2,1-2H3. The van der Waals surface area contributed by atoms with Crippen LogP contribution in [-0.4, -0.2) is 33.4 Å². The molecule has 0 bridgehead atoms. The smallest absolute Gasteiger partial charge is 0.0943 e. The van der Waals surface area contributed by atoms with E-state index in [1.165, 1.54) is 0 Å². The molecule has 0 radical (unpaired) electrons. The first-order valence-corrected chi connectivity index (χ1v) is 5.81. The molecule has 2 N–H and O–H groups in total. The van der Waals surface area contributed by atoms with E-state index in [1.807, 2.05) is 4.31 Å². The highest BCUT2D eigenvalue weighted by molar-refractivity contribution is 7.82. The summed E-state index contributed by atoms with van der Waals surface area (Å²) in [5, 5.41) is 0. The lowest BCUT2D eigenvalue weighted by Crippen LogP contribution is -2.30. The van der Waals surface area contributed by atoms with E-state index in [2.05, 4.69) is 13.8 Å². The molecule has 0 aromatic heterocycles. The van der Waals surface area contributed by atoms with Crippen LogP contribution in [0.3, 0.4) is 0 Å². The molecule has 1 fully saturated rings. The molecule has 1 aliphatic rings. The molecule has 1 saturated heterocycles. The lowest BCUT2D eigenvalue weighted by molar-refractivity contribution is 0.512. The van der Waals surface area contributed by atoms with Gasteiger partial charge in [0, 0.05) is 24.9 Å². The first-order chi connectivity index (χ1) is 5.65. The van der Waals surface area contributed by atoms with Gasteiger partial charge < -0.3 is 5.73 Å². The van der Waals surface area contributed by atoms with Crippen molar-refractivity contribution in [1.82, 2.24) is 4.31 Å². The quantitative estimate of drug-likeness (QED) is 0.697. The summed E-state index contributed by atoms with van der Waals surface area (Å²) in [4.78, 5) is 0. The van der Waals surface area contributed by atoms with Gasteiger partial charge in [-0.2, -0.15) is 0 Å². The second-order valence-electron chi connectivity index (χ2n) is 3.51. The monoisotopic (exact) mass is 190 g/mol. The van der Waals surface area contributed by atoms with Gasteiger partial charge in [-0.3, -0.25) is 0 Å². The molecule has 0 amide bonds. The molecule has 1 heterocycles. The summed E-state index contributed by atoms with van der Waals surface area (Å²) < 4.78 is 13.5. The molecule has 3 nitrogen and oxygen atoms in total. The third-order valence-corrected chi connectivity index (χ3v) is 3.94. The Kier molecular flexibility index (Phi) is 3.68. The van der Waals surface area contributed by atoms with Gasteiger partial charge in [0.15, 0.2) is 0 Å². The van der Waals surface area contributed by atoms with Gasteiger partial charge in [0.1, 0.15) is 0 Å². The number of rotatable bonds is 3. The molecule has 12 heavy (non-hydrogen) atoms. The Bertz CT molecular complexity index is 164. The zero-order chi connectivity index (χ0) is 9.14. The zero-order valence-corrected chi connectivity index (χ0v) is 8.64. The minimum atomic E-state index is -0.783. The van der Waals surface area contributed by atoms with Crippen molar-refractivity contribution >= 4 is 11.0 Å². The summed E-state index contributed by atoms with van der Waals surface area (Å²) in [6, 6.07) is 0.214. The molecule has 0 aliphatic carbocycles. The number of nitrogens with two attached hydrogens (primary N) is 1. The Balaban J connectivity index is 2.40. The average Bonchev–Trinajstić information content (AvgIpc) is 2.33. The number of hydrogen-bond donors (Lipinski definition) is 1. The lowest BCUT2D eigenvalue weighted by Gasteiger charge is -2.12. The van der Waals surface area contributed by atoms with Crippen molar-refractivity contribution in [2.45, 2.75) is 26.3 Å². The van der Waals surface area contributed by atoms with E-state index in [4.69, 9.17) is 5.73 Å². The van der Waals surface area contributed by atoms with Crippen LogP contribution in [0.25, 0.3) is 0 Å². The second kappa shape index (κ2) is 4.35. The van der Waals surface area contributed by atoms with Crippen LogP contribution in [0.5, 0.6) is 0 Å². The van der Waals surface area contributed by atoms with Crippen LogP contribution in [0, 0.1) is 5.92 Å². The van der Waals surface area contributed by atoms with Gasteiger partial charge in [0.05, 0.1) is 11.0 Å². The highest BCUT2D eigenvalue weighted by atomic mass is 32.2. The minimum Gasteiger partial charge on any atom is -0.326 e. The fourth-order valence-corrected chi connectivity index (χ4v) is 2.76. The van der Waals surface area contributed by atoms with Crippen LogP contribution in [-0.2, 0) is 11.0 Å². The van der Waals surface area contributed by atoms with Crippen LogP contribution in [0.2, 0.25) is 0 Å². The van der Waals surface area contributed by atoms with Crippen molar-refractivity contribution in [3.8, 4) is 0 Å². The number of hydrogen-bond acceptors (Lipinski definition) is 2. The fourth-order valence-electron chi connectivity index (χ4n) is 1.42. The highest BCUT2D eigenvalue weighted by Gasteiger charge is 2.29. The first kappa shape index (κ1) is 10.2. The summed E-state index contributed by atoms with van der Waals surface area (Å²) in [5.41, 5.74) is 5.83. The second-order valence-corrected chi connectivity index (χ2v) is 5.08. The lowest BCUT2D eigenvalue weighted by atomic mass is 10.1. The van der Waals surface area contributed by atoms with Gasteiger partial charge in [-0.05, 0) is 12.3 Å². The average molecular weight is 190 g/mol. The van der Waals surface area contributed by atoms with Gasteiger partial charge >= 0.3 is 0 Å². The van der Waals surface area contributed by atoms with Crippen molar-refractivity contribution in [2.75, 3.05) is 18.8 Å². The van der Waals surface area contributed by atoms with Crippen molar-refractivity contribution in [3.63, 3.8) is 0 Å². The third kappa shape index (κ3) is 2.28. The van der Waals surface area contributed by atoms with E-state index < -0.39 is 11.0 Å². The normalized spacial score (nSPS) is 33.9. The molecule has 1 rings (SSSR count). The van der Waals surface area contributed by atoms with Crippen LogP contribution in [0.15, 0.2) is 0 Å². The maximum atomic E-state index is 11.5. The third-order valence-electron chi connectivity index (χ3n) is 2.30. The Morgan fingerprint density at radius 3 is 2.67 bits per heavy atom. The van der Waals surface area contributed by atoms with Gasteiger partial charge in [-0.25, -0.2) is 8.51 Å². The summed E-state index contributed by atoms with van der Waals surface area (Å²) in [5.74, 6) is 1.27. The van der Waals surface area contributed by atoms with Crippen molar-refractivity contribution in [2.24, 2.45) is 11.7 Å². The first-order valence-electron chi connectivity index (χ1n) is 4.54. The molecule has 0 aromatic rings. The van der Waals surface area contributed by atoms with E-state index in [1.54, 1.807) is 0 Å². The van der Waals surface area contributed by atoms with Crippen molar-refractivity contribution in [3.05, 3.63) is 0 Å². The van der Waals surface area contributed by atoms with Gasteiger partial charge in [-0.1, -0.05) is 13.8 Å². The maximum Gasteiger partial charge on any atom is 0.0943 e. The van der Waals surface area contributed by atoms with E-state index in [-0.39, 0.29) is 6.04 Å². The fraction of sp³-hybridized carbons (Fsp3) is 1.00. The molecule has 0 saturated carbocycles. The minimum absolute atomic E-state index is 0.214. The maximum absolute atomic E-state index is 11.5. The summed E-state index contributed by atoms with van der Waals surface area (Å²) in [6.45, 7) is 5.87. The molecule has 1 aliphatic heterocycles. The predicted octanol–water partition coefficient (Wildman–Crippen LogP) is 0.339. The van der Waals surface area contributed by atoms with Crippen LogP contribution in [0.4, 0.5) is 0 Å². The van der Waals surface area contributed by atoms with Gasteiger partial charge in [0.25, 0.3) is 0 Å². The van der Waals surface area contributed by atoms with Gasteiger partial charge in [0.2, 0.25) is 0 Å². The summed E-state index contributed by atoms with van der Waals surface area (Å²) in [6.07, 6.45) is 0.979. The Morgan fingerprint density at radius 2 is 2.25 bits per heavy atom. The highest BCUT2D eigenvalue weighted by Crippen LogP contribution is 2.16. The zero-order valence-electron chi connectivity index (χ0n) is 7.82. The van der Waals surface area contributed by atoms with Crippen LogP contribution in [0.1, 0.15) is 20.3 Å². The Hall–Kier alpha value is 0.0700. The van der Waals surface area contributed by atoms with E-state index in [0.29, 0.717) is 5.92 Å². The molecular weight excluding hydrogens is 172 g/mol. The number of nitrogens with zero attached hydrogens (tertiary/aromatic N) is 1. The van der Waals surface area contributed by atoms with Crippen molar-refractivity contribution < 1.29 is 4.21 Å². The van der Waals surface area contributed by atoms with Gasteiger partial charge in [-0.15, -0.1) is 0 Å².